The lowest BCUT2D eigenvalue weighted by molar-refractivity contribution is 0.157. The van der Waals surface area contributed by atoms with Crippen molar-refractivity contribution < 1.29 is 4.39 Å². The second-order valence-electron chi connectivity index (χ2n) is 6.63. The van der Waals surface area contributed by atoms with Crippen LogP contribution in [0.3, 0.4) is 0 Å². The minimum absolute atomic E-state index is 0.253. The third-order valence-electron chi connectivity index (χ3n) is 4.44. The third kappa shape index (κ3) is 2.77. The molecule has 1 aromatic carbocycles. The molecule has 118 valence electrons. The van der Waals surface area contributed by atoms with Gasteiger partial charge in [0.1, 0.15) is 11.6 Å². The quantitative estimate of drug-likeness (QED) is 0.867. The molecule has 0 unspecified atom stereocenters. The largest absolute Gasteiger partial charge is 0.306 e. The van der Waals surface area contributed by atoms with E-state index in [4.69, 9.17) is 4.98 Å². The average Bonchev–Trinajstić information content (AvgIpc) is 2.81. The van der Waals surface area contributed by atoms with E-state index in [1.165, 1.54) is 12.1 Å². The SMILES string of the molecule is CC(C)n1nc(-c2cccc(F)c2)nc1C1CC(N(C)C)C1. The highest BCUT2D eigenvalue weighted by atomic mass is 19.1. The molecule has 5 heteroatoms. The Kier molecular flexibility index (Phi) is 4.00. The highest BCUT2D eigenvalue weighted by Crippen LogP contribution is 2.39. The second kappa shape index (κ2) is 5.80. The van der Waals surface area contributed by atoms with Crippen LogP contribution >= 0.6 is 0 Å². The van der Waals surface area contributed by atoms with Gasteiger partial charge in [-0.05, 0) is 52.9 Å². The number of halogens is 1. The molecule has 0 N–H and O–H groups in total. The molecule has 0 saturated heterocycles. The van der Waals surface area contributed by atoms with Crippen LogP contribution in [0.5, 0.6) is 0 Å². The molecule has 0 amide bonds. The van der Waals surface area contributed by atoms with Gasteiger partial charge in [-0.15, -0.1) is 0 Å². The summed E-state index contributed by atoms with van der Waals surface area (Å²) in [5, 5.41) is 4.62. The average molecular weight is 302 g/mol. The van der Waals surface area contributed by atoms with E-state index in [1.54, 1.807) is 6.07 Å². The molecule has 0 aliphatic heterocycles. The molecule has 1 heterocycles. The van der Waals surface area contributed by atoms with Gasteiger partial charge in [-0.25, -0.2) is 14.1 Å². The monoisotopic (exact) mass is 302 g/mol. The molecule has 0 radical (unpaired) electrons. The van der Waals surface area contributed by atoms with Gasteiger partial charge in [-0.1, -0.05) is 12.1 Å². The molecular formula is C17H23FN4. The predicted octanol–water partition coefficient (Wildman–Crippen LogP) is 3.47. The van der Waals surface area contributed by atoms with Crippen LogP contribution in [0.1, 0.15) is 44.5 Å². The molecule has 1 aliphatic rings. The number of nitrogens with zero attached hydrogens (tertiary/aromatic N) is 4. The molecule has 0 atom stereocenters. The standard InChI is InChI=1S/C17H23FN4/c1-11(2)22-17(13-9-15(10-13)21(3)4)19-16(20-22)12-6-5-7-14(18)8-12/h5-8,11,13,15H,9-10H2,1-4H3. The van der Waals surface area contributed by atoms with Gasteiger partial charge >= 0.3 is 0 Å². The van der Waals surface area contributed by atoms with E-state index in [1.807, 2.05) is 10.7 Å². The van der Waals surface area contributed by atoms with Crippen LogP contribution in [-0.4, -0.2) is 39.8 Å². The normalized spacial score (nSPS) is 21.4. The second-order valence-corrected chi connectivity index (χ2v) is 6.63. The van der Waals surface area contributed by atoms with E-state index in [0.29, 0.717) is 17.8 Å². The Bertz CT molecular complexity index is 656. The minimum Gasteiger partial charge on any atom is -0.306 e. The first-order valence-corrected chi connectivity index (χ1v) is 7.84. The first-order valence-electron chi connectivity index (χ1n) is 7.84. The maximum atomic E-state index is 13.4. The van der Waals surface area contributed by atoms with Crippen LogP contribution in [0.25, 0.3) is 11.4 Å². The molecule has 4 nitrogen and oxygen atoms in total. The lowest BCUT2D eigenvalue weighted by Gasteiger charge is -2.39. The summed E-state index contributed by atoms with van der Waals surface area (Å²) in [6.45, 7) is 4.21. The number of aromatic nitrogens is 3. The van der Waals surface area contributed by atoms with Crippen LogP contribution in [0.2, 0.25) is 0 Å². The number of rotatable bonds is 4. The molecule has 1 saturated carbocycles. The van der Waals surface area contributed by atoms with Crippen molar-refractivity contribution in [3.05, 3.63) is 35.9 Å². The van der Waals surface area contributed by atoms with Crippen molar-refractivity contribution in [3.63, 3.8) is 0 Å². The molecule has 2 aromatic rings. The van der Waals surface area contributed by atoms with Crippen molar-refractivity contribution in [2.45, 2.75) is 44.7 Å². The fourth-order valence-electron chi connectivity index (χ4n) is 2.96. The van der Waals surface area contributed by atoms with Crippen LogP contribution in [0.15, 0.2) is 24.3 Å². The van der Waals surface area contributed by atoms with Crippen molar-refractivity contribution in [2.24, 2.45) is 0 Å². The van der Waals surface area contributed by atoms with Crippen LogP contribution in [0, 0.1) is 5.82 Å². The van der Waals surface area contributed by atoms with Gasteiger partial charge < -0.3 is 4.90 Å². The van der Waals surface area contributed by atoms with Crippen molar-refractivity contribution >= 4 is 0 Å². The summed E-state index contributed by atoms with van der Waals surface area (Å²) in [6.07, 6.45) is 2.22. The molecular weight excluding hydrogens is 279 g/mol. The zero-order valence-electron chi connectivity index (χ0n) is 13.6. The molecule has 0 spiro atoms. The fraction of sp³-hybridized carbons (Fsp3) is 0.529. The summed E-state index contributed by atoms with van der Waals surface area (Å²) in [4.78, 5) is 6.99. The van der Waals surface area contributed by atoms with Gasteiger partial charge in [-0.3, -0.25) is 0 Å². The highest BCUT2D eigenvalue weighted by Gasteiger charge is 2.35. The third-order valence-corrected chi connectivity index (χ3v) is 4.44. The van der Waals surface area contributed by atoms with Crippen LogP contribution in [-0.2, 0) is 0 Å². The smallest absolute Gasteiger partial charge is 0.181 e. The van der Waals surface area contributed by atoms with Gasteiger partial charge in [-0.2, -0.15) is 5.10 Å². The summed E-state index contributed by atoms with van der Waals surface area (Å²) < 4.78 is 15.4. The van der Waals surface area contributed by atoms with Crippen molar-refractivity contribution in [3.8, 4) is 11.4 Å². The Morgan fingerprint density at radius 3 is 2.59 bits per heavy atom. The van der Waals surface area contributed by atoms with E-state index < -0.39 is 0 Å². The molecule has 1 aliphatic carbocycles. The summed E-state index contributed by atoms with van der Waals surface area (Å²) >= 11 is 0. The Balaban J connectivity index is 1.90. The van der Waals surface area contributed by atoms with E-state index in [2.05, 4.69) is 37.9 Å². The molecule has 22 heavy (non-hydrogen) atoms. The van der Waals surface area contributed by atoms with Crippen LogP contribution in [0.4, 0.5) is 4.39 Å². The van der Waals surface area contributed by atoms with Gasteiger partial charge in [0.05, 0.1) is 0 Å². The molecule has 3 rings (SSSR count). The van der Waals surface area contributed by atoms with Gasteiger partial charge in [0, 0.05) is 23.6 Å². The van der Waals surface area contributed by atoms with Crippen molar-refractivity contribution in [1.29, 1.82) is 0 Å². The van der Waals surface area contributed by atoms with Gasteiger partial charge in [0.2, 0.25) is 0 Å². The topological polar surface area (TPSA) is 34.0 Å². The maximum absolute atomic E-state index is 13.4. The summed E-state index contributed by atoms with van der Waals surface area (Å²) in [6, 6.07) is 7.37. The number of hydrogen-bond acceptors (Lipinski definition) is 3. The van der Waals surface area contributed by atoms with Gasteiger partial charge in [0.25, 0.3) is 0 Å². The van der Waals surface area contributed by atoms with Gasteiger partial charge in [0.15, 0.2) is 5.82 Å². The summed E-state index contributed by atoms with van der Waals surface area (Å²) in [5.74, 6) is 1.85. The van der Waals surface area contributed by atoms with E-state index in [-0.39, 0.29) is 11.9 Å². The Hall–Kier alpha value is -1.75. The number of benzene rings is 1. The zero-order chi connectivity index (χ0) is 15.9. The first kappa shape index (κ1) is 15.2. The Morgan fingerprint density at radius 2 is 2.00 bits per heavy atom. The summed E-state index contributed by atoms with van der Waals surface area (Å²) in [5.41, 5.74) is 0.740. The lowest BCUT2D eigenvalue weighted by atomic mass is 9.79. The lowest BCUT2D eigenvalue weighted by Crippen LogP contribution is -2.40. The molecule has 0 bridgehead atoms. The van der Waals surface area contributed by atoms with Crippen molar-refractivity contribution in [1.82, 2.24) is 19.7 Å². The minimum atomic E-state index is -0.253. The first-order chi connectivity index (χ1) is 10.5. The summed E-state index contributed by atoms with van der Waals surface area (Å²) in [7, 11) is 4.23. The molecule has 1 fully saturated rings. The highest BCUT2D eigenvalue weighted by molar-refractivity contribution is 5.54. The molecule has 1 aromatic heterocycles. The zero-order valence-corrected chi connectivity index (χ0v) is 13.6. The Labute approximate surface area is 131 Å². The maximum Gasteiger partial charge on any atom is 0.181 e. The van der Waals surface area contributed by atoms with Crippen LogP contribution < -0.4 is 0 Å². The predicted molar refractivity (Wildman–Crippen MR) is 85.3 cm³/mol. The van der Waals surface area contributed by atoms with Crippen molar-refractivity contribution in [2.75, 3.05) is 14.1 Å². The fourth-order valence-corrected chi connectivity index (χ4v) is 2.96. The van der Waals surface area contributed by atoms with E-state index in [9.17, 15) is 4.39 Å². The number of hydrogen-bond donors (Lipinski definition) is 0. The van der Waals surface area contributed by atoms with E-state index in [0.717, 1.165) is 24.2 Å². The Morgan fingerprint density at radius 1 is 1.27 bits per heavy atom. The van der Waals surface area contributed by atoms with E-state index >= 15 is 0 Å².